The van der Waals surface area contributed by atoms with Gasteiger partial charge in [0.1, 0.15) is 6.26 Å². The molecule has 1 N–H and O–H groups in total. The van der Waals surface area contributed by atoms with E-state index < -0.39 is 0 Å². The van der Waals surface area contributed by atoms with Crippen molar-refractivity contribution in [1.29, 1.82) is 0 Å². The molecule has 1 atom stereocenters. The van der Waals surface area contributed by atoms with E-state index in [4.69, 9.17) is 4.42 Å². The van der Waals surface area contributed by atoms with E-state index in [0.29, 0.717) is 10.8 Å². The van der Waals surface area contributed by atoms with Gasteiger partial charge in [0.15, 0.2) is 0 Å². The number of nitrogens with one attached hydrogen (secondary N) is 1. The molecular formula is C18H21N3O2S. The maximum atomic E-state index is 12.5. The van der Waals surface area contributed by atoms with Gasteiger partial charge in [-0.15, -0.1) is 0 Å². The van der Waals surface area contributed by atoms with Gasteiger partial charge in [0.05, 0.1) is 6.20 Å². The number of benzene rings is 1. The average molecular weight is 343 g/mol. The van der Waals surface area contributed by atoms with Crippen molar-refractivity contribution in [3.8, 4) is 0 Å². The van der Waals surface area contributed by atoms with Gasteiger partial charge in [-0.1, -0.05) is 0 Å². The van der Waals surface area contributed by atoms with Crippen LogP contribution in [-0.2, 0) is 0 Å². The Hall–Kier alpha value is -1.79. The zero-order chi connectivity index (χ0) is 16.4. The standard InChI is InChI=1S/C18H21N3O2S/c22-17(20-15-11-13-5-8-21(12-15)9-6-13)14-1-3-16(4-2-14)24-18-19-7-10-23-18/h1-4,7,10,13,15H,5-6,8-9,11-12H2,(H,20,22). The van der Waals surface area contributed by atoms with Gasteiger partial charge in [-0.3, -0.25) is 4.79 Å². The first kappa shape index (κ1) is 15.7. The normalized spacial score (nSPS) is 26.1. The van der Waals surface area contributed by atoms with Crippen molar-refractivity contribution in [2.45, 2.75) is 35.4 Å². The summed E-state index contributed by atoms with van der Waals surface area (Å²) in [5.41, 5.74) is 0.707. The van der Waals surface area contributed by atoms with E-state index in [1.54, 1.807) is 12.5 Å². The summed E-state index contributed by atoms with van der Waals surface area (Å²) in [6, 6.07) is 7.88. The second kappa shape index (κ2) is 6.99. The van der Waals surface area contributed by atoms with Crippen molar-refractivity contribution in [3.05, 3.63) is 42.3 Å². The third kappa shape index (κ3) is 3.65. The van der Waals surface area contributed by atoms with Crippen LogP contribution in [0.25, 0.3) is 0 Å². The summed E-state index contributed by atoms with van der Waals surface area (Å²) >= 11 is 1.45. The Balaban J connectivity index is 1.37. The van der Waals surface area contributed by atoms with Gasteiger partial charge in [-0.25, -0.2) is 4.98 Å². The Morgan fingerprint density at radius 2 is 2.04 bits per heavy atom. The van der Waals surface area contributed by atoms with E-state index in [1.807, 2.05) is 24.3 Å². The third-order valence-corrected chi connectivity index (χ3v) is 5.75. The third-order valence-electron chi connectivity index (χ3n) is 4.87. The van der Waals surface area contributed by atoms with Crippen LogP contribution in [-0.4, -0.2) is 41.5 Å². The highest BCUT2D eigenvalue weighted by atomic mass is 32.2. The van der Waals surface area contributed by atoms with Crippen LogP contribution in [0.4, 0.5) is 0 Å². The average Bonchev–Trinajstić information content (AvgIpc) is 2.94. The SMILES string of the molecule is O=C(NC1CC2CCN(CC2)C1)c1ccc(Sc2ncco2)cc1. The highest BCUT2D eigenvalue weighted by molar-refractivity contribution is 7.99. The number of rotatable bonds is 4. The monoisotopic (exact) mass is 343 g/mol. The fourth-order valence-corrected chi connectivity index (χ4v) is 4.29. The highest BCUT2D eigenvalue weighted by Gasteiger charge is 2.29. The molecule has 5 rings (SSSR count). The lowest BCUT2D eigenvalue weighted by atomic mass is 9.94. The smallest absolute Gasteiger partial charge is 0.260 e. The lowest BCUT2D eigenvalue weighted by molar-refractivity contribution is 0.0928. The zero-order valence-corrected chi connectivity index (χ0v) is 14.3. The number of hydrogen-bond acceptors (Lipinski definition) is 5. The van der Waals surface area contributed by atoms with Gasteiger partial charge in [-0.05, 0) is 74.3 Å². The predicted molar refractivity (Wildman–Crippen MR) is 92.1 cm³/mol. The van der Waals surface area contributed by atoms with Crippen LogP contribution in [0.1, 0.15) is 29.6 Å². The molecule has 4 heterocycles. The molecule has 0 saturated carbocycles. The summed E-state index contributed by atoms with van der Waals surface area (Å²) < 4.78 is 5.22. The minimum Gasteiger partial charge on any atom is -0.440 e. The molecule has 24 heavy (non-hydrogen) atoms. The molecule has 1 aromatic heterocycles. The summed E-state index contributed by atoms with van der Waals surface area (Å²) in [5, 5.41) is 3.83. The van der Waals surface area contributed by atoms with Gasteiger partial charge < -0.3 is 14.6 Å². The number of carbonyl (C=O) groups is 1. The number of amides is 1. The van der Waals surface area contributed by atoms with Crippen LogP contribution in [0.2, 0.25) is 0 Å². The van der Waals surface area contributed by atoms with E-state index in [1.165, 1.54) is 37.7 Å². The molecule has 3 aliphatic rings. The predicted octanol–water partition coefficient (Wildman–Crippen LogP) is 3.04. The Kier molecular flexibility index (Phi) is 4.58. The van der Waals surface area contributed by atoms with Crippen molar-refractivity contribution in [1.82, 2.24) is 15.2 Å². The van der Waals surface area contributed by atoms with Crippen molar-refractivity contribution in [2.24, 2.45) is 5.92 Å². The first-order valence-electron chi connectivity index (χ1n) is 8.47. The number of hydrogen-bond donors (Lipinski definition) is 1. The van der Waals surface area contributed by atoms with Crippen molar-refractivity contribution in [2.75, 3.05) is 19.6 Å². The molecular weight excluding hydrogens is 322 g/mol. The number of oxazole rings is 1. The van der Waals surface area contributed by atoms with Gasteiger partial charge in [-0.2, -0.15) is 0 Å². The van der Waals surface area contributed by atoms with Crippen LogP contribution < -0.4 is 5.32 Å². The summed E-state index contributed by atoms with van der Waals surface area (Å²) in [5.74, 6) is 0.795. The number of carbonyl (C=O) groups excluding carboxylic acids is 1. The van der Waals surface area contributed by atoms with Crippen LogP contribution >= 0.6 is 11.8 Å². The lowest BCUT2D eigenvalue weighted by Gasteiger charge is -2.26. The molecule has 1 unspecified atom stereocenters. The Morgan fingerprint density at radius 3 is 2.75 bits per heavy atom. The quantitative estimate of drug-likeness (QED) is 0.925. The molecule has 3 fully saturated rings. The summed E-state index contributed by atoms with van der Waals surface area (Å²) in [6.45, 7) is 3.36. The molecule has 2 bridgehead atoms. The maximum Gasteiger partial charge on any atom is 0.260 e. The Morgan fingerprint density at radius 1 is 1.25 bits per heavy atom. The topological polar surface area (TPSA) is 58.4 Å². The van der Waals surface area contributed by atoms with Crippen molar-refractivity contribution in [3.63, 3.8) is 0 Å². The first-order chi connectivity index (χ1) is 11.8. The number of nitrogens with zero attached hydrogens (tertiary/aromatic N) is 2. The van der Waals surface area contributed by atoms with E-state index in [2.05, 4.69) is 15.2 Å². The van der Waals surface area contributed by atoms with Crippen molar-refractivity contribution >= 4 is 17.7 Å². The first-order valence-corrected chi connectivity index (χ1v) is 9.28. The van der Waals surface area contributed by atoms with E-state index in [0.717, 1.165) is 23.8 Å². The van der Waals surface area contributed by atoms with Gasteiger partial charge in [0.2, 0.25) is 0 Å². The molecule has 2 aromatic rings. The summed E-state index contributed by atoms with van der Waals surface area (Å²) in [4.78, 5) is 20.1. The minimum atomic E-state index is 0.0233. The van der Waals surface area contributed by atoms with Crippen LogP contribution in [0.5, 0.6) is 0 Å². The molecule has 1 aromatic carbocycles. The second-order valence-electron chi connectivity index (χ2n) is 6.57. The van der Waals surface area contributed by atoms with Gasteiger partial charge in [0.25, 0.3) is 11.1 Å². The maximum absolute atomic E-state index is 12.5. The fourth-order valence-electron chi connectivity index (χ4n) is 3.60. The van der Waals surface area contributed by atoms with Crippen molar-refractivity contribution < 1.29 is 9.21 Å². The Bertz CT molecular complexity index is 665. The number of fused-ring (bicyclic) bond motifs is 4. The Labute approximate surface area is 145 Å². The lowest BCUT2D eigenvalue weighted by Crippen LogP contribution is -2.41. The zero-order valence-electron chi connectivity index (χ0n) is 13.5. The summed E-state index contributed by atoms with van der Waals surface area (Å²) in [6.07, 6.45) is 6.85. The molecule has 3 aliphatic heterocycles. The van der Waals surface area contributed by atoms with E-state index >= 15 is 0 Å². The number of aromatic nitrogens is 1. The number of piperidine rings is 1. The largest absolute Gasteiger partial charge is 0.440 e. The molecule has 0 spiro atoms. The fraction of sp³-hybridized carbons (Fsp3) is 0.444. The second-order valence-corrected chi connectivity index (χ2v) is 7.60. The summed E-state index contributed by atoms with van der Waals surface area (Å²) in [7, 11) is 0. The van der Waals surface area contributed by atoms with E-state index in [-0.39, 0.29) is 11.9 Å². The molecule has 0 aliphatic carbocycles. The van der Waals surface area contributed by atoms with Gasteiger partial charge >= 0.3 is 0 Å². The van der Waals surface area contributed by atoms with Crippen LogP contribution in [0.15, 0.2) is 51.3 Å². The molecule has 126 valence electrons. The van der Waals surface area contributed by atoms with E-state index in [9.17, 15) is 4.79 Å². The molecule has 3 saturated heterocycles. The van der Waals surface area contributed by atoms with Gasteiger partial charge in [0, 0.05) is 23.0 Å². The molecule has 1 amide bonds. The van der Waals surface area contributed by atoms with Crippen LogP contribution in [0, 0.1) is 5.92 Å². The molecule has 6 heteroatoms. The minimum absolute atomic E-state index is 0.0233. The molecule has 5 nitrogen and oxygen atoms in total. The van der Waals surface area contributed by atoms with Crippen LogP contribution in [0.3, 0.4) is 0 Å². The molecule has 0 radical (unpaired) electrons. The highest BCUT2D eigenvalue weighted by Crippen LogP contribution is 2.28.